The lowest BCUT2D eigenvalue weighted by molar-refractivity contribution is -0.180. The minimum Gasteiger partial charge on any atom is -0.396 e. The standard InChI is InChI=1S/C13H27NO2/c1-10(6-7-15)9-14-11-8-13(4,16-5)12(11,2)3/h10-11,14-15H,6-9H2,1-5H3. The van der Waals surface area contributed by atoms with Crippen LogP contribution < -0.4 is 5.32 Å². The molecule has 3 unspecified atom stereocenters. The zero-order valence-electron chi connectivity index (χ0n) is 11.3. The molecule has 96 valence electrons. The molecule has 0 saturated heterocycles. The van der Waals surface area contributed by atoms with E-state index >= 15 is 0 Å². The van der Waals surface area contributed by atoms with Crippen molar-refractivity contribution in [1.82, 2.24) is 5.32 Å². The van der Waals surface area contributed by atoms with Crippen LogP contribution in [0, 0.1) is 11.3 Å². The molecule has 16 heavy (non-hydrogen) atoms. The lowest BCUT2D eigenvalue weighted by Crippen LogP contribution is -2.68. The Balaban J connectivity index is 2.37. The fourth-order valence-electron chi connectivity index (χ4n) is 2.48. The van der Waals surface area contributed by atoms with E-state index in [1.165, 1.54) is 0 Å². The summed E-state index contributed by atoms with van der Waals surface area (Å²) >= 11 is 0. The van der Waals surface area contributed by atoms with Gasteiger partial charge in [0.05, 0.1) is 5.60 Å². The molecule has 1 aliphatic rings. The maximum absolute atomic E-state index is 8.85. The lowest BCUT2D eigenvalue weighted by atomic mass is 9.56. The predicted octanol–water partition coefficient (Wildman–Crippen LogP) is 1.80. The summed E-state index contributed by atoms with van der Waals surface area (Å²) in [5.74, 6) is 0.537. The lowest BCUT2D eigenvalue weighted by Gasteiger charge is -2.59. The van der Waals surface area contributed by atoms with Gasteiger partial charge in [0.1, 0.15) is 0 Å². The quantitative estimate of drug-likeness (QED) is 0.730. The van der Waals surface area contributed by atoms with Crippen LogP contribution in [0.4, 0.5) is 0 Å². The Labute approximate surface area is 99.6 Å². The number of rotatable bonds is 6. The normalized spacial score (nSPS) is 34.5. The molecule has 3 heteroatoms. The molecule has 0 bridgehead atoms. The van der Waals surface area contributed by atoms with Gasteiger partial charge in [-0.1, -0.05) is 20.8 Å². The van der Waals surface area contributed by atoms with Crippen LogP contribution in [0.2, 0.25) is 0 Å². The first kappa shape index (κ1) is 13.9. The third-order valence-electron chi connectivity index (χ3n) is 4.61. The maximum Gasteiger partial charge on any atom is 0.0731 e. The summed E-state index contributed by atoms with van der Waals surface area (Å²) in [6.45, 7) is 10.1. The average Bonchev–Trinajstić information content (AvgIpc) is 2.23. The van der Waals surface area contributed by atoms with Crippen LogP contribution in [-0.4, -0.2) is 37.0 Å². The second-order valence-electron chi connectivity index (χ2n) is 5.94. The van der Waals surface area contributed by atoms with Crippen molar-refractivity contribution in [2.24, 2.45) is 11.3 Å². The molecule has 0 aliphatic heterocycles. The van der Waals surface area contributed by atoms with Gasteiger partial charge in [0, 0.05) is 25.2 Å². The summed E-state index contributed by atoms with van der Waals surface area (Å²) in [5.41, 5.74) is 0.186. The smallest absolute Gasteiger partial charge is 0.0731 e. The maximum atomic E-state index is 8.85. The van der Waals surface area contributed by atoms with Crippen LogP contribution in [0.15, 0.2) is 0 Å². The molecule has 0 heterocycles. The molecule has 1 saturated carbocycles. The molecule has 0 aromatic rings. The number of aliphatic hydroxyl groups is 1. The van der Waals surface area contributed by atoms with Crippen molar-refractivity contribution in [3.05, 3.63) is 0 Å². The van der Waals surface area contributed by atoms with Gasteiger partial charge in [0.2, 0.25) is 0 Å². The molecule has 1 rings (SSSR count). The number of ether oxygens (including phenoxy) is 1. The Morgan fingerprint density at radius 2 is 2.06 bits per heavy atom. The molecule has 3 atom stereocenters. The topological polar surface area (TPSA) is 41.5 Å². The van der Waals surface area contributed by atoms with E-state index in [1.807, 2.05) is 0 Å². The molecular formula is C13H27NO2. The zero-order valence-corrected chi connectivity index (χ0v) is 11.3. The fourth-order valence-corrected chi connectivity index (χ4v) is 2.48. The van der Waals surface area contributed by atoms with Crippen LogP contribution in [0.5, 0.6) is 0 Å². The van der Waals surface area contributed by atoms with Gasteiger partial charge in [0.25, 0.3) is 0 Å². The molecule has 3 nitrogen and oxygen atoms in total. The average molecular weight is 229 g/mol. The van der Waals surface area contributed by atoms with Crippen LogP contribution in [0.25, 0.3) is 0 Å². The first-order valence-corrected chi connectivity index (χ1v) is 6.27. The van der Waals surface area contributed by atoms with E-state index in [1.54, 1.807) is 7.11 Å². The number of hydrogen-bond acceptors (Lipinski definition) is 3. The van der Waals surface area contributed by atoms with E-state index in [0.717, 1.165) is 19.4 Å². The highest BCUT2D eigenvalue weighted by Gasteiger charge is 2.57. The predicted molar refractivity (Wildman–Crippen MR) is 66.5 cm³/mol. The molecule has 1 aliphatic carbocycles. The van der Waals surface area contributed by atoms with Gasteiger partial charge < -0.3 is 15.2 Å². The molecule has 0 radical (unpaired) electrons. The van der Waals surface area contributed by atoms with Gasteiger partial charge in [-0.2, -0.15) is 0 Å². The van der Waals surface area contributed by atoms with Crippen LogP contribution >= 0.6 is 0 Å². The minimum atomic E-state index is 0.00484. The third-order valence-corrected chi connectivity index (χ3v) is 4.61. The fraction of sp³-hybridized carbons (Fsp3) is 1.00. The van der Waals surface area contributed by atoms with Crippen molar-refractivity contribution >= 4 is 0 Å². The summed E-state index contributed by atoms with van der Waals surface area (Å²) in [4.78, 5) is 0. The van der Waals surface area contributed by atoms with Gasteiger partial charge in [0.15, 0.2) is 0 Å². The molecule has 0 aromatic heterocycles. The summed E-state index contributed by atoms with van der Waals surface area (Å²) in [5, 5.41) is 12.4. The van der Waals surface area contributed by atoms with Crippen molar-refractivity contribution in [3.8, 4) is 0 Å². The van der Waals surface area contributed by atoms with E-state index in [2.05, 4.69) is 33.0 Å². The Morgan fingerprint density at radius 1 is 1.44 bits per heavy atom. The van der Waals surface area contributed by atoms with Crippen molar-refractivity contribution in [2.75, 3.05) is 20.3 Å². The van der Waals surface area contributed by atoms with E-state index in [4.69, 9.17) is 9.84 Å². The van der Waals surface area contributed by atoms with Gasteiger partial charge in [-0.05, 0) is 32.2 Å². The number of aliphatic hydroxyl groups excluding tert-OH is 1. The van der Waals surface area contributed by atoms with Crippen molar-refractivity contribution < 1.29 is 9.84 Å². The van der Waals surface area contributed by atoms with Crippen molar-refractivity contribution in [3.63, 3.8) is 0 Å². The summed E-state index contributed by atoms with van der Waals surface area (Å²) in [6, 6.07) is 0.526. The molecule has 0 amide bonds. The monoisotopic (exact) mass is 229 g/mol. The van der Waals surface area contributed by atoms with E-state index in [0.29, 0.717) is 12.0 Å². The molecule has 1 fully saturated rings. The highest BCUT2D eigenvalue weighted by molar-refractivity contribution is 5.11. The minimum absolute atomic E-state index is 0.00484. The van der Waals surface area contributed by atoms with Gasteiger partial charge >= 0.3 is 0 Å². The number of methoxy groups -OCH3 is 1. The molecule has 0 aromatic carbocycles. The highest BCUT2D eigenvalue weighted by atomic mass is 16.5. The van der Waals surface area contributed by atoms with Crippen LogP contribution in [0.1, 0.15) is 40.5 Å². The van der Waals surface area contributed by atoms with E-state index < -0.39 is 0 Å². The summed E-state index contributed by atoms with van der Waals surface area (Å²) in [7, 11) is 1.80. The summed E-state index contributed by atoms with van der Waals surface area (Å²) in [6.07, 6.45) is 1.95. The van der Waals surface area contributed by atoms with Gasteiger partial charge in [-0.25, -0.2) is 0 Å². The second-order valence-corrected chi connectivity index (χ2v) is 5.94. The van der Waals surface area contributed by atoms with Crippen LogP contribution in [-0.2, 0) is 4.74 Å². The van der Waals surface area contributed by atoms with Crippen molar-refractivity contribution in [2.45, 2.75) is 52.2 Å². The van der Waals surface area contributed by atoms with E-state index in [-0.39, 0.29) is 17.6 Å². The molecular weight excluding hydrogens is 202 g/mol. The Kier molecular flexibility index (Phi) is 4.38. The number of nitrogens with one attached hydrogen (secondary N) is 1. The largest absolute Gasteiger partial charge is 0.396 e. The van der Waals surface area contributed by atoms with Crippen molar-refractivity contribution in [1.29, 1.82) is 0 Å². The first-order chi connectivity index (χ1) is 7.37. The van der Waals surface area contributed by atoms with Gasteiger partial charge in [-0.3, -0.25) is 0 Å². The third kappa shape index (κ3) is 2.41. The second kappa shape index (κ2) is 5.03. The SMILES string of the molecule is COC1(C)CC(NCC(C)CCO)C1(C)C. The van der Waals surface area contributed by atoms with Crippen LogP contribution in [0.3, 0.4) is 0 Å². The molecule has 0 spiro atoms. The highest BCUT2D eigenvalue weighted by Crippen LogP contribution is 2.51. The summed E-state index contributed by atoms with van der Waals surface area (Å²) < 4.78 is 5.59. The Hall–Kier alpha value is -0.120. The van der Waals surface area contributed by atoms with E-state index in [9.17, 15) is 0 Å². The molecule has 2 N–H and O–H groups in total. The zero-order chi connectivity index (χ0) is 12.4. The first-order valence-electron chi connectivity index (χ1n) is 6.27. The Bertz CT molecular complexity index is 230. The number of hydrogen-bond donors (Lipinski definition) is 2. The Morgan fingerprint density at radius 3 is 2.50 bits per heavy atom. The van der Waals surface area contributed by atoms with Gasteiger partial charge in [-0.15, -0.1) is 0 Å².